The number of fused-ring (bicyclic) bond motifs is 8. The van der Waals surface area contributed by atoms with Crippen LogP contribution in [0.2, 0.25) is 0 Å². The molecule has 0 saturated heterocycles. The van der Waals surface area contributed by atoms with E-state index in [0.29, 0.717) is 0 Å². The number of rotatable bonds is 2. The van der Waals surface area contributed by atoms with Gasteiger partial charge in [0.1, 0.15) is 17.3 Å². The summed E-state index contributed by atoms with van der Waals surface area (Å²) in [5, 5.41) is 6.51. The summed E-state index contributed by atoms with van der Waals surface area (Å²) in [6.45, 7) is 0. The Hall–Kier alpha value is -4.60. The fourth-order valence-corrected chi connectivity index (χ4v) is 6.77. The molecular formula is C36H21FOS. The molecule has 7 aromatic carbocycles. The minimum absolute atomic E-state index is 0.217. The summed E-state index contributed by atoms with van der Waals surface area (Å²) >= 11 is 1.74. The van der Waals surface area contributed by atoms with E-state index in [1.165, 1.54) is 5.39 Å². The van der Waals surface area contributed by atoms with E-state index in [-0.39, 0.29) is 5.82 Å². The second-order valence-corrected chi connectivity index (χ2v) is 10.9. The van der Waals surface area contributed by atoms with Gasteiger partial charge in [-0.3, -0.25) is 0 Å². The van der Waals surface area contributed by atoms with Gasteiger partial charge >= 0.3 is 0 Å². The predicted molar refractivity (Wildman–Crippen MR) is 160 cm³/mol. The van der Waals surface area contributed by atoms with Crippen molar-refractivity contribution < 1.29 is 9.13 Å². The van der Waals surface area contributed by atoms with Crippen LogP contribution in [0.4, 0.5) is 4.39 Å². The van der Waals surface area contributed by atoms with Crippen LogP contribution < -0.4 is 4.74 Å². The first kappa shape index (κ1) is 22.4. The summed E-state index contributed by atoms with van der Waals surface area (Å²) in [5.41, 5.74) is 4.59. The van der Waals surface area contributed by atoms with Gasteiger partial charge in [0.15, 0.2) is 0 Å². The largest absolute Gasteiger partial charge is 0.455 e. The van der Waals surface area contributed by atoms with E-state index in [0.717, 1.165) is 70.5 Å². The number of benzene rings is 7. The molecule has 0 aliphatic carbocycles. The third-order valence-electron chi connectivity index (χ3n) is 7.58. The van der Waals surface area contributed by atoms with Gasteiger partial charge in [-0.15, -0.1) is 0 Å². The molecule has 0 unspecified atom stereocenters. The standard InChI is InChI=1S/C36H21FOS/c37-24-15-17-29-27-9-3-4-10-28(27)31-19-22(13-16-30(31)32(29)21-24)25-7-1-2-8-26(25)23-14-18-34-36(20-23)39-35-12-6-5-11-33(35)38-34/h1-21H. The number of ether oxygens (including phenoxy) is 1. The molecule has 1 aliphatic rings. The Kier molecular flexibility index (Phi) is 5.01. The van der Waals surface area contributed by atoms with Crippen LogP contribution in [-0.2, 0) is 0 Å². The smallest absolute Gasteiger partial charge is 0.141 e. The molecule has 3 heteroatoms. The average Bonchev–Trinajstić information content (AvgIpc) is 2.99. The Bertz CT molecular complexity index is 2100. The van der Waals surface area contributed by atoms with Crippen LogP contribution >= 0.6 is 11.8 Å². The normalized spacial score (nSPS) is 12.3. The summed E-state index contributed by atoms with van der Waals surface area (Å²) in [7, 11) is 0. The fourth-order valence-electron chi connectivity index (χ4n) is 5.78. The molecular weight excluding hydrogens is 499 g/mol. The van der Waals surface area contributed by atoms with Crippen molar-refractivity contribution >= 4 is 44.1 Å². The minimum atomic E-state index is -0.217. The van der Waals surface area contributed by atoms with Gasteiger partial charge < -0.3 is 4.74 Å². The molecule has 0 N–H and O–H groups in total. The van der Waals surface area contributed by atoms with Gasteiger partial charge in [0.05, 0.1) is 9.79 Å². The zero-order valence-electron chi connectivity index (χ0n) is 20.8. The number of para-hydroxylation sites is 1. The molecule has 39 heavy (non-hydrogen) atoms. The lowest BCUT2D eigenvalue weighted by atomic mass is 9.90. The monoisotopic (exact) mass is 520 g/mol. The van der Waals surface area contributed by atoms with Gasteiger partial charge in [0, 0.05) is 0 Å². The van der Waals surface area contributed by atoms with Crippen molar-refractivity contribution in [1.29, 1.82) is 0 Å². The molecule has 184 valence electrons. The quantitative estimate of drug-likeness (QED) is 0.210. The van der Waals surface area contributed by atoms with Crippen LogP contribution in [-0.4, -0.2) is 0 Å². The van der Waals surface area contributed by atoms with Gasteiger partial charge in [0.25, 0.3) is 0 Å². The fraction of sp³-hybridized carbons (Fsp3) is 0. The zero-order chi connectivity index (χ0) is 25.9. The van der Waals surface area contributed by atoms with Crippen LogP contribution in [0.25, 0.3) is 54.6 Å². The molecule has 0 amide bonds. The summed E-state index contributed by atoms with van der Waals surface area (Å²) in [5.74, 6) is 1.57. The molecule has 1 heterocycles. The minimum Gasteiger partial charge on any atom is -0.455 e. The number of halogens is 1. The first-order valence-electron chi connectivity index (χ1n) is 13.0. The van der Waals surface area contributed by atoms with E-state index in [4.69, 9.17) is 4.74 Å². The SMILES string of the molecule is Fc1ccc2c3ccccc3c3cc(-c4ccccc4-c4ccc5c(c4)Sc4ccccc4O5)ccc3c2c1. The lowest BCUT2D eigenvalue weighted by Crippen LogP contribution is -1.95. The van der Waals surface area contributed by atoms with Crippen LogP contribution in [0.5, 0.6) is 11.5 Å². The van der Waals surface area contributed by atoms with Crippen molar-refractivity contribution in [1.82, 2.24) is 0 Å². The Morgan fingerprint density at radius 1 is 0.436 bits per heavy atom. The predicted octanol–water partition coefficient (Wildman–Crippen LogP) is 10.9. The molecule has 1 nitrogen and oxygen atoms in total. The second-order valence-electron chi connectivity index (χ2n) is 9.85. The molecule has 8 rings (SSSR count). The average molecular weight is 521 g/mol. The van der Waals surface area contributed by atoms with Crippen LogP contribution in [0.1, 0.15) is 0 Å². The summed E-state index contributed by atoms with van der Waals surface area (Å²) in [6, 6.07) is 43.2. The zero-order valence-corrected chi connectivity index (χ0v) is 21.6. The van der Waals surface area contributed by atoms with Crippen molar-refractivity contribution in [2.24, 2.45) is 0 Å². The molecule has 0 radical (unpaired) electrons. The van der Waals surface area contributed by atoms with E-state index in [2.05, 4.69) is 84.9 Å². The first-order chi connectivity index (χ1) is 19.2. The number of hydrogen-bond donors (Lipinski definition) is 0. The lowest BCUT2D eigenvalue weighted by Gasteiger charge is -2.20. The van der Waals surface area contributed by atoms with Crippen LogP contribution in [0, 0.1) is 5.82 Å². The molecule has 0 bridgehead atoms. The maximum atomic E-state index is 14.3. The molecule has 1 aliphatic heterocycles. The highest BCUT2D eigenvalue weighted by atomic mass is 32.2. The topological polar surface area (TPSA) is 9.23 Å². The third-order valence-corrected chi connectivity index (χ3v) is 8.68. The van der Waals surface area contributed by atoms with E-state index >= 15 is 0 Å². The third kappa shape index (κ3) is 3.62. The molecule has 0 saturated carbocycles. The molecule has 0 fully saturated rings. The van der Waals surface area contributed by atoms with Crippen LogP contribution in [0.15, 0.2) is 137 Å². The van der Waals surface area contributed by atoms with Gasteiger partial charge in [0.2, 0.25) is 0 Å². The Labute approximate surface area is 229 Å². The van der Waals surface area contributed by atoms with Gasteiger partial charge in [-0.05, 0) is 97.0 Å². The molecule has 7 aromatic rings. The van der Waals surface area contributed by atoms with Crippen molar-refractivity contribution in [3.63, 3.8) is 0 Å². The van der Waals surface area contributed by atoms with E-state index in [1.807, 2.05) is 30.3 Å². The van der Waals surface area contributed by atoms with Crippen molar-refractivity contribution in [2.75, 3.05) is 0 Å². The van der Waals surface area contributed by atoms with E-state index in [9.17, 15) is 4.39 Å². The summed E-state index contributed by atoms with van der Waals surface area (Å²) < 4.78 is 20.5. The highest BCUT2D eigenvalue weighted by molar-refractivity contribution is 7.99. The van der Waals surface area contributed by atoms with E-state index in [1.54, 1.807) is 23.9 Å². The highest BCUT2D eigenvalue weighted by Crippen LogP contribution is 2.48. The Morgan fingerprint density at radius 3 is 1.85 bits per heavy atom. The second kappa shape index (κ2) is 8.72. The lowest BCUT2D eigenvalue weighted by molar-refractivity contribution is 0.454. The van der Waals surface area contributed by atoms with Crippen LogP contribution in [0.3, 0.4) is 0 Å². The Morgan fingerprint density at radius 2 is 1.00 bits per heavy atom. The van der Waals surface area contributed by atoms with Crippen molar-refractivity contribution in [3.8, 4) is 33.8 Å². The summed E-state index contributed by atoms with van der Waals surface area (Å²) in [4.78, 5) is 2.24. The van der Waals surface area contributed by atoms with E-state index < -0.39 is 0 Å². The highest BCUT2D eigenvalue weighted by Gasteiger charge is 2.19. The first-order valence-corrected chi connectivity index (χ1v) is 13.8. The van der Waals surface area contributed by atoms with Gasteiger partial charge in [-0.2, -0.15) is 0 Å². The van der Waals surface area contributed by atoms with Gasteiger partial charge in [-0.1, -0.05) is 96.7 Å². The van der Waals surface area contributed by atoms with Crippen molar-refractivity contribution in [3.05, 3.63) is 133 Å². The number of hydrogen-bond acceptors (Lipinski definition) is 2. The van der Waals surface area contributed by atoms with Gasteiger partial charge in [-0.25, -0.2) is 4.39 Å². The van der Waals surface area contributed by atoms with Crippen molar-refractivity contribution in [2.45, 2.75) is 9.79 Å². The molecule has 0 aromatic heterocycles. The summed E-state index contributed by atoms with van der Waals surface area (Å²) in [6.07, 6.45) is 0. The maximum absolute atomic E-state index is 14.3. The molecule has 0 spiro atoms. The molecule has 0 atom stereocenters. The maximum Gasteiger partial charge on any atom is 0.141 e. The Balaban J connectivity index is 1.31.